The molecule has 1 fully saturated rings. The number of hydrogen-bond acceptors (Lipinski definition) is 6. The summed E-state index contributed by atoms with van der Waals surface area (Å²) in [5.74, 6) is 0.709. The fourth-order valence-corrected chi connectivity index (χ4v) is 3.51. The van der Waals surface area contributed by atoms with Crippen LogP contribution in [0.2, 0.25) is 0 Å². The number of rotatable bonds is 4. The van der Waals surface area contributed by atoms with E-state index in [-0.39, 0.29) is 17.6 Å². The number of aryl methyl sites for hydroxylation is 2. The minimum Gasteiger partial charge on any atom is -0.361 e. The molecule has 28 heavy (non-hydrogen) atoms. The van der Waals surface area contributed by atoms with Gasteiger partial charge in [-0.25, -0.2) is 14.6 Å². The van der Waals surface area contributed by atoms with Gasteiger partial charge >= 0.3 is 6.55 Å². The molecule has 10 heteroatoms. The van der Waals surface area contributed by atoms with E-state index in [0.717, 1.165) is 24.6 Å². The highest BCUT2D eigenvalue weighted by Gasteiger charge is 2.33. The maximum atomic E-state index is 12.8. The highest BCUT2D eigenvalue weighted by Crippen LogP contribution is 2.33. The van der Waals surface area contributed by atoms with Crippen molar-refractivity contribution in [3.63, 3.8) is 0 Å². The van der Waals surface area contributed by atoms with Crippen LogP contribution < -0.4 is 0 Å². The molecule has 0 radical (unpaired) electrons. The van der Waals surface area contributed by atoms with Crippen molar-refractivity contribution in [2.45, 2.75) is 39.3 Å². The van der Waals surface area contributed by atoms with E-state index in [1.807, 2.05) is 6.92 Å². The van der Waals surface area contributed by atoms with Crippen molar-refractivity contribution in [3.8, 4) is 11.4 Å². The van der Waals surface area contributed by atoms with Crippen molar-refractivity contribution in [1.29, 1.82) is 0 Å². The van der Waals surface area contributed by atoms with Gasteiger partial charge < -0.3 is 9.42 Å². The Morgan fingerprint density at radius 3 is 2.82 bits per heavy atom. The second kappa shape index (κ2) is 7.10. The van der Waals surface area contributed by atoms with E-state index in [2.05, 4.69) is 20.2 Å². The van der Waals surface area contributed by atoms with Crippen LogP contribution in [0.1, 0.15) is 53.1 Å². The van der Waals surface area contributed by atoms with Gasteiger partial charge in [-0.2, -0.15) is 13.9 Å². The molecule has 1 aliphatic heterocycles. The van der Waals surface area contributed by atoms with Crippen LogP contribution >= 0.6 is 0 Å². The van der Waals surface area contributed by atoms with Gasteiger partial charge in [-0.3, -0.25) is 4.79 Å². The van der Waals surface area contributed by atoms with E-state index in [1.165, 1.54) is 6.07 Å². The zero-order valence-electron chi connectivity index (χ0n) is 15.3. The SMILES string of the molecule is Cc1noc(C)c1-c1nccc([C@H]2CCCN2C(=O)c2ccn(C(F)F)n2)n1. The first-order valence-electron chi connectivity index (χ1n) is 8.86. The van der Waals surface area contributed by atoms with Gasteiger partial charge in [-0.05, 0) is 38.8 Å². The average Bonchev–Trinajstić information content (AvgIpc) is 3.41. The van der Waals surface area contributed by atoms with E-state index in [9.17, 15) is 13.6 Å². The number of carbonyl (C=O) groups is 1. The highest BCUT2D eigenvalue weighted by molar-refractivity contribution is 5.92. The molecule has 0 bridgehead atoms. The summed E-state index contributed by atoms with van der Waals surface area (Å²) >= 11 is 0. The largest absolute Gasteiger partial charge is 0.361 e. The van der Waals surface area contributed by atoms with Gasteiger partial charge in [0.1, 0.15) is 5.76 Å². The van der Waals surface area contributed by atoms with Crippen molar-refractivity contribution < 1.29 is 18.1 Å². The predicted octanol–water partition coefficient (Wildman–Crippen LogP) is 3.32. The Balaban J connectivity index is 1.63. The summed E-state index contributed by atoms with van der Waals surface area (Å²) in [4.78, 5) is 23.4. The van der Waals surface area contributed by atoms with Gasteiger partial charge in [0.25, 0.3) is 5.91 Å². The number of amides is 1. The number of halogens is 2. The van der Waals surface area contributed by atoms with Crippen LogP contribution in [-0.2, 0) is 0 Å². The number of hydrogen-bond donors (Lipinski definition) is 0. The zero-order valence-corrected chi connectivity index (χ0v) is 15.3. The summed E-state index contributed by atoms with van der Waals surface area (Å²) < 4.78 is 31.2. The quantitative estimate of drug-likeness (QED) is 0.681. The Kier molecular flexibility index (Phi) is 4.62. The molecule has 3 aromatic heterocycles. The third-order valence-corrected chi connectivity index (χ3v) is 4.82. The molecule has 0 aromatic carbocycles. The first-order chi connectivity index (χ1) is 13.5. The molecule has 0 N–H and O–H groups in total. The molecule has 1 amide bonds. The molecule has 4 rings (SSSR count). The van der Waals surface area contributed by atoms with E-state index < -0.39 is 6.55 Å². The lowest BCUT2D eigenvalue weighted by molar-refractivity contribution is 0.0549. The highest BCUT2D eigenvalue weighted by atomic mass is 19.3. The van der Waals surface area contributed by atoms with Crippen molar-refractivity contribution in [1.82, 2.24) is 29.8 Å². The number of alkyl halides is 2. The summed E-state index contributed by atoms with van der Waals surface area (Å²) in [6.45, 7) is 1.33. The third kappa shape index (κ3) is 3.14. The Bertz CT molecular complexity index is 996. The molecular weight excluding hydrogens is 370 g/mol. The molecule has 0 unspecified atom stereocenters. The molecule has 4 heterocycles. The molecule has 0 spiro atoms. The first-order valence-corrected chi connectivity index (χ1v) is 8.86. The maximum Gasteiger partial charge on any atom is 0.333 e. The van der Waals surface area contributed by atoms with Crippen molar-refractivity contribution >= 4 is 5.91 Å². The monoisotopic (exact) mass is 388 g/mol. The molecule has 146 valence electrons. The van der Waals surface area contributed by atoms with E-state index >= 15 is 0 Å². The summed E-state index contributed by atoms with van der Waals surface area (Å²) in [6, 6.07) is 2.79. The first kappa shape index (κ1) is 18.2. The Hall–Kier alpha value is -3.17. The average molecular weight is 388 g/mol. The minimum atomic E-state index is -2.78. The lowest BCUT2D eigenvalue weighted by atomic mass is 10.1. The molecule has 0 saturated carbocycles. The van der Waals surface area contributed by atoms with Crippen LogP contribution in [-0.4, -0.2) is 42.3 Å². The van der Waals surface area contributed by atoms with Crippen LogP contribution in [0, 0.1) is 13.8 Å². The maximum absolute atomic E-state index is 12.8. The molecule has 1 aliphatic rings. The fraction of sp³-hybridized carbons (Fsp3) is 0.389. The zero-order chi connectivity index (χ0) is 19.8. The molecule has 8 nitrogen and oxygen atoms in total. The smallest absolute Gasteiger partial charge is 0.333 e. The van der Waals surface area contributed by atoms with Gasteiger partial charge in [0.15, 0.2) is 11.5 Å². The van der Waals surface area contributed by atoms with E-state index in [4.69, 9.17) is 4.52 Å². The van der Waals surface area contributed by atoms with Crippen molar-refractivity contribution in [2.24, 2.45) is 0 Å². The molecule has 0 aliphatic carbocycles. The number of carbonyl (C=O) groups excluding carboxylic acids is 1. The Labute approximate surface area is 159 Å². The molecule has 1 atom stereocenters. The van der Waals surface area contributed by atoms with Crippen molar-refractivity contribution in [3.05, 3.63) is 47.4 Å². The molecule has 3 aromatic rings. The van der Waals surface area contributed by atoms with Crippen LogP contribution in [0.5, 0.6) is 0 Å². The van der Waals surface area contributed by atoms with Crippen molar-refractivity contribution in [2.75, 3.05) is 6.54 Å². The van der Waals surface area contributed by atoms with Gasteiger partial charge in [0, 0.05) is 18.9 Å². The van der Waals surface area contributed by atoms with Crippen LogP contribution in [0.25, 0.3) is 11.4 Å². The van der Waals surface area contributed by atoms with Gasteiger partial charge in [0.05, 0.1) is 23.0 Å². The lowest BCUT2D eigenvalue weighted by Gasteiger charge is -2.23. The number of nitrogens with zero attached hydrogens (tertiary/aromatic N) is 6. The summed E-state index contributed by atoms with van der Waals surface area (Å²) in [5, 5.41) is 7.61. The standard InChI is InChI=1S/C18H18F2N6O2/c1-10-15(11(2)28-24-10)16-21-7-5-12(22-16)14-4-3-8-25(14)17(27)13-6-9-26(23-13)18(19)20/h5-7,9,14,18H,3-4,8H2,1-2H3/t14-/m1/s1. The second-order valence-corrected chi connectivity index (χ2v) is 6.62. The number of aromatic nitrogens is 5. The van der Waals surface area contributed by atoms with E-state index in [0.29, 0.717) is 34.2 Å². The third-order valence-electron chi connectivity index (χ3n) is 4.82. The topological polar surface area (TPSA) is 89.9 Å². The number of likely N-dealkylation sites (tertiary alicyclic amines) is 1. The molecular formula is C18H18F2N6O2. The summed E-state index contributed by atoms with van der Waals surface area (Å²) in [6.07, 6.45) is 4.25. The van der Waals surface area contributed by atoms with Crippen LogP contribution in [0.4, 0.5) is 8.78 Å². The van der Waals surface area contributed by atoms with Crippen LogP contribution in [0.15, 0.2) is 29.0 Å². The summed E-state index contributed by atoms with van der Waals surface area (Å²) in [5.41, 5.74) is 2.09. The fourth-order valence-electron chi connectivity index (χ4n) is 3.51. The summed E-state index contributed by atoms with van der Waals surface area (Å²) in [7, 11) is 0. The minimum absolute atomic E-state index is 0.00722. The van der Waals surface area contributed by atoms with Gasteiger partial charge in [-0.1, -0.05) is 5.16 Å². The lowest BCUT2D eigenvalue weighted by Crippen LogP contribution is -2.31. The van der Waals surface area contributed by atoms with Gasteiger partial charge in [0.2, 0.25) is 0 Å². The van der Waals surface area contributed by atoms with Crippen LogP contribution in [0.3, 0.4) is 0 Å². The Morgan fingerprint density at radius 1 is 1.32 bits per heavy atom. The predicted molar refractivity (Wildman–Crippen MR) is 93.5 cm³/mol. The second-order valence-electron chi connectivity index (χ2n) is 6.62. The Morgan fingerprint density at radius 2 is 2.14 bits per heavy atom. The van der Waals surface area contributed by atoms with Gasteiger partial charge in [-0.15, -0.1) is 0 Å². The normalized spacial score (nSPS) is 16.9. The molecule has 1 saturated heterocycles. The van der Waals surface area contributed by atoms with E-state index in [1.54, 1.807) is 24.1 Å².